The summed E-state index contributed by atoms with van der Waals surface area (Å²) in [6.07, 6.45) is -0.732. The highest BCUT2D eigenvalue weighted by Crippen LogP contribution is 2.17. The molecular weight excluding hydrogens is 258 g/mol. The van der Waals surface area contributed by atoms with Crippen LogP contribution in [0.4, 0.5) is 0 Å². The molecule has 1 aromatic carbocycles. The summed E-state index contributed by atoms with van der Waals surface area (Å²) in [4.78, 5) is 0. The Balaban J connectivity index is 2.26. The number of hydrogen-bond donors (Lipinski definition) is 4. The average molecular weight is 276 g/mol. The van der Waals surface area contributed by atoms with E-state index in [2.05, 4.69) is 5.32 Å². The first kappa shape index (κ1) is 15.2. The van der Waals surface area contributed by atoms with Crippen LogP contribution in [0.2, 0.25) is 5.02 Å². The Labute approximate surface area is 111 Å². The van der Waals surface area contributed by atoms with E-state index in [4.69, 9.17) is 26.6 Å². The highest BCUT2D eigenvalue weighted by molar-refractivity contribution is 6.30. The summed E-state index contributed by atoms with van der Waals surface area (Å²) in [7, 11) is 0. The van der Waals surface area contributed by atoms with Gasteiger partial charge in [-0.15, -0.1) is 0 Å². The van der Waals surface area contributed by atoms with Gasteiger partial charge >= 0.3 is 0 Å². The van der Waals surface area contributed by atoms with Crippen molar-refractivity contribution in [3.8, 4) is 5.75 Å². The van der Waals surface area contributed by atoms with Gasteiger partial charge in [-0.25, -0.2) is 0 Å². The molecule has 0 aliphatic rings. The van der Waals surface area contributed by atoms with E-state index in [1.807, 2.05) is 0 Å². The van der Waals surface area contributed by atoms with Crippen molar-refractivity contribution >= 4 is 11.6 Å². The number of hydrogen-bond acceptors (Lipinski definition) is 5. The number of benzene rings is 1. The molecule has 0 saturated heterocycles. The molecule has 0 amide bonds. The van der Waals surface area contributed by atoms with Crippen LogP contribution in [0.15, 0.2) is 24.3 Å². The van der Waals surface area contributed by atoms with Gasteiger partial charge in [-0.2, -0.15) is 0 Å². The number of rotatable bonds is 8. The first-order valence-corrected chi connectivity index (χ1v) is 6.05. The third kappa shape index (κ3) is 5.66. The minimum absolute atomic E-state index is 0.108. The van der Waals surface area contributed by atoms with Crippen molar-refractivity contribution in [1.82, 2.24) is 5.32 Å². The minimum Gasteiger partial charge on any atom is -0.491 e. The largest absolute Gasteiger partial charge is 0.491 e. The Bertz CT molecular complexity index is 347. The minimum atomic E-state index is -0.732. The lowest BCUT2D eigenvalue weighted by molar-refractivity contribution is 0.0929. The van der Waals surface area contributed by atoms with Crippen molar-refractivity contribution in [3.63, 3.8) is 0 Å². The first-order chi connectivity index (χ1) is 8.65. The molecule has 1 unspecified atom stereocenters. The molecule has 5 nitrogen and oxygen atoms in total. The topological polar surface area (TPSA) is 82.0 Å². The molecule has 0 radical (unpaired) electrons. The van der Waals surface area contributed by atoms with E-state index in [0.29, 0.717) is 10.8 Å². The summed E-state index contributed by atoms with van der Waals surface area (Å²) in [6, 6.07) is 6.48. The van der Waals surface area contributed by atoms with Gasteiger partial charge < -0.3 is 25.4 Å². The van der Waals surface area contributed by atoms with Gasteiger partial charge in [-0.1, -0.05) is 17.7 Å². The zero-order chi connectivity index (χ0) is 13.4. The Hall–Kier alpha value is -0.850. The average Bonchev–Trinajstić information content (AvgIpc) is 2.37. The van der Waals surface area contributed by atoms with Crippen LogP contribution in [0.1, 0.15) is 0 Å². The number of aliphatic hydroxyl groups is 3. The van der Waals surface area contributed by atoms with E-state index in [-0.39, 0.29) is 26.4 Å². The molecule has 18 heavy (non-hydrogen) atoms. The zero-order valence-electron chi connectivity index (χ0n) is 9.92. The molecule has 1 aromatic rings. The second-order valence-electron chi connectivity index (χ2n) is 3.89. The molecule has 0 aromatic heterocycles. The van der Waals surface area contributed by atoms with Gasteiger partial charge in [0.1, 0.15) is 18.5 Å². The predicted octanol–water partition coefficient (Wildman–Crippen LogP) is 0.0225. The summed E-state index contributed by atoms with van der Waals surface area (Å²) in [5, 5.41) is 30.7. The maximum absolute atomic E-state index is 9.64. The fourth-order valence-corrected chi connectivity index (χ4v) is 1.48. The molecule has 6 heteroatoms. The molecule has 0 fully saturated rings. The molecule has 1 rings (SSSR count). The molecule has 1 atom stereocenters. The number of ether oxygens (including phenoxy) is 1. The fourth-order valence-electron chi connectivity index (χ4n) is 1.30. The van der Waals surface area contributed by atoms with E-state index in [0.717, 1.165) is 0 Å². The first-order valence-electron chi connectivity index (χ1n) is 5.67. The molecule has 0 aliphatic carbocycles. The van der Waals surface area contributed by atoms with Crippen LogP contribution in [-0.2, 0) is 0 Å². The monoisotopic (exact) mass is 275 g/mol. The molecule has 0 aliphatic heterocycles. The Morgan fingerprint density at radius 1 is 1.28 bits per heavy atom. The summed E-state index contributed by atoms with van der Waals surface area (Å²) < 4.78 is 5.35. The van der Waals surface area contributed by atoms with E-state index >= 15 is 0 Å². The van der Waals surface area contributed by atoms with Gasteiger partial charge in [0.05, 0.1) is 19.3 Å². The summed E-state index contributed by atoms with van der Waals surface area (Å²) in [5.74, 6) is 0.586. The Kier molecular flexibility index (Phi) is 7.00. The van der Waals surface area contributed by atoms with Crippen molar-refractivity contribution in [2.24, 2.45) is 0 Å². The van der Waals surface area contributed by atoms with Gasteiger partial charge in [0, 0.05) is 11.6 Å². The van der Waals surface area contributed by atoms with Crippen LogP contribution in [0.25, 0.3) is 0 Å². The second-order valence-corrected chi connectivity index (χ2v) is 4.33. The molecule has 102 valence electrons. The fraction of sp³-hybridized carbons (Fsp3) is 0.500. The van der Waals surface area contributed by atoms with Crippen LogP contribution in [0, 0.1) is 0 Å². The lowest BCUT2D eigenvalue weighted by Gasteiger charge is -2.17. The van der Waals surface area contributed by atoms with Crippen LogP contribution in [0.5, 0.6) is 5.75 Å². The van der Waals surface area contributed by atoms with E-state index in [9.17, 15) is 5.11 Å². The third-order valence-electron chi connectivity index (χ3n) is 2.32. The van der Waals surface area contributed by atoms with Crippen LogP contribution in [0.3, 0.4) is 0 Å². The predicted molar refractivity (Wildman–Crippen MR) is 68.9 cm³/mol. The Morgan fingerprint density at radius 2 is 2.00 bits per heavy atom. The number of aliphatic hydroxyl groups excluding tert-OH is 3. The Morgan fingerprint density at radius 3 is 2.61 bits per heavy atom. The van der Waals surface area contributed by atoms with Crippen molar-refractivity contribution in [3.05, 3.63) is 29.3 Å². The van der Waals surface area contributed by atoms with Gasteiger partial charge in [0.2, 0.25) is 0 Å². The van der Waals surface area contributed by atoms with E-state index in [1.165, 1.54) is 0 Å². The molecule has 0 bridgehead atoms. The molecule has 0 spiro atoms. The van der Waals surface area contributed by atoms with Crippen LogP contribution in [-0.4, -0.2) is 53.8 Å². The van der Waals surface area contributed by atoms with E-state index < -0.39 is 12.1 Å². The molecule has 0 heterocycles. The summed E-state index contributed by atoms with van der Waals surface area (Å²) in [6.45, 7) is -0.0278. The van der Waals surface area contributed by atoms with Crippen LogP contribution >= 0.6 is 11.6 Å². The standard InChI is InChI=1S/C12H18ClNO4/c13-9-2-1-3-12(4-9)18-8-11(17)5-14-10(6-15)7-16/h1-4,10-11,14-17H,5-8H2. The number of nitrogens with one attached hydrogen (secondary N) is 1. The molecule has 4 N–H and O–H groups in total. The smallest absolute Gasteiger partial charge is 0.120 e. The summed E-state index contributed by atoms with van der Waals surface area (Å²) in [5.41, 5.74) is 0. The maximum atomic E-state index is 9.64. The lowest BCUT2D eigenvalue weighted by Crippen LogP contribution is -2.41. The SMILES string of the molecule is OCC(CO)NCC(O)COc1cccc(Cl)c1. The van der Waals surface area contributed by atoms with Crippen molar-refractivity contribution in [2.45, 2.75) is 12.1 Å². The van der Waals surface area contributed by atoms with Crippen LogP contribution < -0.4 is 10.1 Å². The third-order valence-corrected chi connectivity index (χ3v) is 2.56. The summed E-state index contributed by atoms with van der Waals surface area (Å²) >= 11 is 5.79. The second kappa shape index (κ2) is 8.29. The highest BCUT2D eigenvalue weighted by Gasteiger charge is 2.09. The highest BCUT2D eigenvalue weighted by atomic mass is 35.5. The zero-order valence-corrected chi connectivity index (χ0v) is 10.7. The van der Waals surface area contributed by atoms with Gasteiger partial charge in [-0.05, 0) is 18.2 Å². The van der Waals surface area contributed by atoms with Gasteiger partial charge in [0.25, 0.3) is 0 Å². The van der Waals surface area contributed by atoms with Crippen molar-refractivity contribution in [1.29, 1.82) is 0 Å². The van der Waals surface area contributed by atoms with Gasteiger partial charge in [-0.3, -0.25) is 0 Å². The lowest BCUT2D eigenvalue weighted by atomic mass is 10.3. The van der Waals surface area contributed by atoms with Gasteiger partial charge in [0.15, 0.2) is 0 Å². The van der Waals surface area contributed by atoms with Crippen molar-refractivity contribution in [2.75, 3.05) is 26.4 Å². The number of halogens is 1. The maximum Gasteiger partial charge on any atom is 0.120 e. The normalized spacial score (nSPS) is 12.7. The quantitative estimate of drug-likeness (QED) is 0.538. The molecule has 0 saturated carbocycles. The molecular formula is C12H18ClNO4. The van der Waals surface area contributed by atoms with E-state index in [1.54, 1.807) is 24.3 Å². The van der Waals surface area contributed by atoms with Crippen molar-refractivity contribution < 1.29 is 20.1 Å².